The van der Waals surface area contributed by atoms with E-state index < -0.39 is 5.97 Å². The Bertz CT molecular complexity index is 442. The number of ketones is 1. The lowest BCUT2D eigenvalue weighted by Gasteiger charge is -2.24. The van der Waals surface area contributed by atoms with Crippen LogP contribution in [-0.4, -0.2) is 45.8 Å². The lowest BCUT2D eigenvalue weighted by molar-refractivity contribution is -0.137. The fourth-order valence-corrected chi connectivity index (χ4v) is 3.15. The van der Waals surface area contributed by atoms with Gasteiger partial charge in [-0.25, -0.2) is 0 Å². The summed E-state index contributed by atoms with van der Waals surface area (Å²) in [5.74, 6) is -1.80. The lowest BCUT2D eigenvalue weighted by Crippen LogP contribution is -2.34. The van der Waals surface area contributed by atoms with Gasteiger partial charge in [0.2, 0.25) is 0 Å². The highest BCUT2D eigenvalue weighted by molar-refractivity contribution is 7.99. The SMILES string of the molecule is CCN1C(=O)C(CC(=O)O)=C(C(=O)C(C)C)C1SC. The molecule has 0 saturated carbocycles. The Kier molecular flexibility index (Phi) is 5.17. The van der Waals surface area contributed by atoms with Crippen LogP contribution in [0.2, 0.25) is 0 Å². The quantitative estimate of drug-likeness (QED) is 0.801. The van der Waals surface area contributed by atoms with Crippen LogP contribution >= 0.6 is 11.8 Å². The Morgan fingerprint density at radius 1 is 1.42 bits per heavy atom. The molecule has 1 heterocycles. The number of carbonyl (C=O) groups excluding carboxylic acids is 2. The summed E-state index contributed by atoms with van der Waals surface area (Å²) >= 11 is 1.39. The van der Waals surface area contributed by atoms with E-state index >= 15 is 0 Å². The monoisotopic (exact) mass is 285 g/mol. The van der Waals surface area contributed by atoms with Gasteiger partial charge in [-0.05, 0) is 13.2 Å². The predicted molar refractivity (Wildman–Crippen MR) is 73.8 cm³/mol. The van der Waals surface area contributed by atoms with E-state index in [1.807, 2.05) is 13.2 Å². The molecule has 0 aromatic heterocycles. The average Bonchev–Trinajstić information content (AvgIpc) is 2.60. The van der Waals surface area contributed by atoms with Crippen LogP contribution in [-0.2, 0) is 14.4 Å². The molecule has 1 rings (SSSR count). The molecule has 1 aliphatic rings. The first-order chi connectivity index (χ1) is 8.84. The first-order valence-corrected chi connectivity index (χ1v) is 7.46. The first kappa shape index (κ1) is 15.8. The predicted octanol–water partition coefficient (Wildman–Crippen LogP) is 1.53. The van der Waals surface area contributed by atoms with Gasteiger partial charge in [0.1, 0.15) is 5.37 Å². The summed E-state index contributed by atoms with van der Waals surface area (Å²) in [6.07, 6.45) is 1.43. The Morgan fingerprint density at radius 3 is 2.37 bits per heavy atom. The Labute approximate surface area is 117 Å². The Balaban J connectivity index is 3.31. The number of hydrogen-bond acceptors (Lipinski definition) is 4. The van der Waals surface area contributed by atoms with Gasteiger partial charge in [-0.1, -0.05) is 13.8 Å². The van der Waals surface area contributed by atoms with E-state index in [1.165, 1.54) is 11.8 Å². The summed E-state index contributed by atoms with van der Waals surface area (Å²) in [5.41, 5.74) is 0.518. The Morgan fingerprint density at radius 2 is 2.00 bits per heavy atom. The highest BCUT2D eigenvalue weighted by Gasteiger charge is 2.41. The molecule has 106 valence electrons. The summed E-state index contributed by atoms with van der Waals surface area (Å²) < 4.78 is 0. The number of nitrogens with zero attached hydrogens (tertiary/aromatic N) is 1. The molecule has 5 nitrogen and oxygen atoms in total. The molecule has 0 fully saturated rings. The molecule has 1 aliphatic heterocycles. The molecular weight excluding hydrogens is 266 g/mol. The number of carbonyl (C=O) groups is 3. The number of rotatable bonds is 6. The zero-order valence-corrected chi connectivity index (χ0v) is 12.4. The summed E-state index contributed by atoms with van der Waals surface area (Å²) in [6, 6.07) is 0. The van der Waals surface area contributed by atoms with Gasteiger partial charge in [0.05, 0.1) is 6.42 Å². The van der Waals surface area contributed by atoms with Gasteiger partial charge in [-0.15, -0.1) is 11.8 Å². The number of Topliss-reactive ketones (excluding diaryl/α,β-unsaturated/α-hetero) is 1. The molecule has 1 amide bonds. The number of carboxylic acid groups (broad SMARTS) is 1. The number of likely N-dealkylation sites (N-methyl/N-ethyl adjacent to an activating group) is 1. The summed E-state index contributed by atoms with van der Waals surface area (Å²) in [5, 5.41) is 8.57. The maximum atomic E-state index is 12.3. The van der Waals surface area contributed by atoms with E-state index in [0.717, 1.165) is 0 Å². The van der Waals surface area contributed by atoms with Crippen molar-refractivity contribution in [2.75, 3.05) is 12.8 Å². The van der Waals surface area contributed by atoms with Gasteiger partial charge in [-0.3, -0.25) is 14.4 Å². The molecule has 1 atom stereocenters. The van der Waals surface area contributed by atoms with E-state index in [4.69, 9.17) is 5.11 Å². The van der Waals surface area contributed by atoms with Crippen LogP contribution in [0.4, 0.5) is 0 Å². The van der Waals surface area contributed by atoms with Crippen molar-refractivity contribution in [2.45, 2.75) is 32.6 Å². The summed E-state index contributed by atoms with van der Waals surface area (Å²) in [4.78, 5) is 36.9. The van der Waals surface area contributed by atoms with E-state index in [0.29, 0.717) is 12.1 Å². The Hall–Kier alpha value is -1.30. The maximum Gasteiger partial charge on any atom is 0.308 e. The third kappa shape index (κ3) is 3.00. The van der Waals surface area contributed by atoms with Crippen molar-refractivity contribution in [1.82, 2.24) is 4.90 Å². The van der Waals surface area contributed by atoms with Gasteiger partial charge < -0.3 is 10.0 Å². The second-order valence-electron chi connectivity index (χ2n) is 4.66. The second kappa shape index (κ2) is 6.23. The van der Waals surface area contributed by atoms with Gasteiger partial charge >= 0.3 is 5.97 Å². The minimum Gasteiger partial charge on any atom is -0.481 e. The van der Waals surface area contributed by atoms with Crippen molar-refractivity contribution >= 4 is 29.4 Å². The number of aliphatic carboxylic acids is 1. The highest BCUT2D eigenvalue weighted by Crippen LogP contribution is 2.35. The molecule has 1 N–H and O–H groups in total. The number of carboxylic acids is 1. The van der Waals surface area contributed by atoms with Crippen LogP contribution in [0.15, 0.2) is 11.1 Å². The maximum absolute atomic E-state index is 12.3. The first-order valence-electron chi connectivity index (χ1n) is 6.17. The zero-order chi connectivity index (χ0) is 14.7. The van der Waals surface area contributed by atoms with Gasteiger partial charge in [0, 0.05) is 23.6 Å². The summed E-state index contributed by atoms with van der Waals surface area (Å²) in [6.45, 7) is 5.79. The third-order valence-corrected chi connectivity index (χ3v) is 3.99. The molecule has 0 aliphatic carbocycles. The largest absolute Gasteiger partial charge is 0.481 e. The number of amides is 1. The zero-order valence-electron chi connectivity index (χ0n) is 11.6. The van der Waals surface area contributed by atoms with E-state index in [-0.39, 0.29) is 35.0 Å². The van der Waals surface area contributed by atoms with Crippen LogP contribution < -0.4 is 0 Å². The number of thioether (sulfide) groups is 1. The summed E-state index contributed by atoms with van der Waals surface area (Å²) in [7, 11) is 0. The lowest BCUT2D eigenvalue weighted by atomic mass is 9.96. The molecule has 0 bridgehead atoms. The van der Waals surface area contributed by atoms with Crippen LogP contribution in [0.5, 0.6) is 0 Å². The number of hydrogen-bond donors (Lipinski definition) is 1. The molecule has 19 heavy (non-hydrogen) atoms. The van der Waals surface area contributed by atoms with Crippen LogP contribution in [0.25, 0.3) is 0 Å². The van der Waals surface area contributed by atoms with Crippen molar-refractivity contribution < 1.29 is 19.5 Å². The smallest absolute Gasteiger partial charge is 0.308 e. The fraction of sp³-hybridized carbons (Fsp3) is 0.615. The second-order valence-corrected chi connectivity index (χ2v) is 5.58. The van der Waals surface area contributed by atoms with Gasteiger partial charge in [0.25, 0.3) is 5.91 Å². The molecule has 0 spiro atoms. The van der Waals surface area contributed by atoms with Crippen LogP contribution in [0, 0.1) is 5.92 Å². The normalized spacial score (nSPS) is 19.5. The van der Waals surface area contributed by atoms with Crippen molar-refractivity contribution in [3.63, 3.8) is 0 Å². The van der Waals surface area contributed by atoms with Crippen molar-refractivity contribution in [3.8, 4) is 0 Å². The van der Waals surface area contributed by atoms with Gasteiger partial charge in [-0.2, -0.15) is 0 Å². The van der Waals surface area contributed by atoms with Gasteiger partial charge in [0.15, 0.2) is 5.78 Å². The topological polar surface area (TPSA) is 74.7 Å². The van der Waals surface area contributed by atoms with Crippen molar-refractivity contribution in [3.05, 3.63) is 11.1 Å². The molecule has 0 saturated heterocycles. The average molecular weight is 285 g/mol. The minimum absolute atomic E-state index is 0.139. The van der Waals surface area contributed by atoms with Crippen LogP contribution in [0.3, 0.4) is 0 Å². The minimum atomic E-state index is -1.09. The van der Waals surface area contributed by atoms with E-state index in [1.54, 1.807) is 18.7 Å². The van der Waals surface area contributed by atoms with Crippen molar-refractivity contribution in [2.24, 2.45) is 5.92 Å². The highest BCUT2D eigenvalue weighted by atomic mass is 32.2. The molecule has 6 heteroatoms. The van der Waals surface area contributed by atoms with Crippen molar-refractivity contribution in [1.29, 1.82) is 0 Å². The molecular formula is C13H19NO4S. The standard InChI is InChI=1S/C13H19NO4S/c1-5-14-12(18)8(6-9(15)16)10(13(14)19-4)11(17)7(2)3/h7,13H,5-6H2,1-4H3,(H,15,16). The fourth-order valence-electron chi connectivity index (χ4n) is 2.16. The molecule has 0 aromatic rings. The van der Waals surface area contributed by atoms with E-state index in [2.05, 4.69) is 0 Å². The molecule has 0 aromatic carbocycles. The third-order valence-electron chi connectivity index (χ3n) is 3.06. The molecule has 1 unspecified atom stereocenters. The molecule has 0 radical (unpaired) electrons. The van der Waals surface area contributed by atoms with Crippen LogP contribution in [0.1, 0.15) is 27.2 Å². The van der Waals surface area contributed by atoms with E-state index in [9.17, 15) is 14.4 Å².